The number of rotatable bonds is 4. The molecule has 1 aliphatic rings. The topological polar surface area (TPSA) is 61.8 Å². The van der Waals surface area contributed by atoms with Crippen LogP contribution in [0.4, 0.5) is 0 Å². The van der Waals surface area contributed by atoms with E-state index in [0.29, 0.717) is 17.1 Å². The first kappa shape index (κ1) is 17.0. The van der Waals surface area contributed by atoms with Gasteiger partial charge < -0.3 is 14.2 Å². The molecule has 0 saturated carbocycles. The van der Waals surface area contributed by atoms with Gasteiger partial charge in [0, 0.05) is 5.56 Å². The Morgan fingerprint density at radius 3 is 2.52 bits per heavy atom. The quantitative estimate of drug-likeness (QED) is 0.631. The first-order chi connectivity index (χ1) is 12.0. The normalized spacial score (nSPS) is 16.8. The van der Waals surface area contributed by atoms with Crippen LogP contribution >= 0.6 is 0 Å². The Morgan fingerprint density at radius 1 is 1.08 bits per heavy atom. The molecule has 0 aromatic heterocycles. The fourth-order valence-corrected chi connectivity index (χ4v) is 2.57. The molecule has 5 heteroatoms. The largest absolute Gasteiger partial charge is 0.485 e. The molecule has 0 aliphatic carbocycles. The number of hydrogen-bond acceptors (Lipinski definition) is 5. The lowest BCUT2D eigenvalue weighted by Crippen LogP contribution is -2.40. The maximum Gasteiger partial charge on any atom is 0.351 e. The predicted octanol–water partition coefficient (Wildman–Crippen LogP) is 3.26. The summed E-state index contributed by atoms with van der Waals surface area (Å²) in [4.78, 5) is 24.8. The van der Waals surface area contributed by atoms with Gasteiger partial charge in [-0.1, -0.05) is 24.3 Å². The van der Waals surface area contributed by atoms with Crippen LogP contribution < -0.4 is 9.47 Å². The fraction of sp³-hybridized carbons (Fsp3) is 0.300. The minimum atomic E-state index is -0.893. The standard InChI is InChI=1S/C20H20O5/c1-12-8-9-15(10-13(12)2)19(21)14(3)24-20(22)18-11-23-16-6-4-5-7-17(16)25-18/h4-10,14,18H,11H2,1-3H3/t14-,18+/m0/s1. The van der Waals surface area contributed by atoms with Crippen LogP contribution in [-0.4, -0.2) is 30.6 Å². The van der Waals surface area contributed by atoms with E-state index in [4.69, 9.17) is 14.2 Å². The molecule has 3 rings (SSSR count). The summed E-state index contributed by atoms with van der Waals surface area (Å²) in [7, 11) is 0. The number of benzene rings is 2. The van der Waals surface area contributed by atoms with Gasteiger partial charge >= 0.3 is 5.97 Å². The van der Waals surface area contributed by atoms with Gasteiger partial charge in [0.05, 0.1) is 0 Å². The molecule has 1 aliphatic heterocycles. The lowest BCUT2D eigenvalue weighted by Gasteiger charge is -2.25. The molecule has 2 aromatic carbocycles. The zero-order chi connectivity index (χ0) is 18.0. The number of fused-ring (bicyclic) bond motifs is 1. The van der Waals surface area contributed by atoms with Gasteiger partial charge in [-0.2, -0.15) is 0 Å². The lowest BCUT2D eigenvalue weighted by atomic mass is 10.0. The molecule has 0 radical (unpaired) electrons. The fourth-order valence-electron chi connectivity index (χ4n) is 2.57. The van der Waals surface area contributed by atoms with Gasteiger partial charge in [-0.15, -0.1) is 0 Å². The molecule has 2 atom stereocenters. The molecule has 0 spiro atoms. The molecular weight excluding hydrogens is 320 g/mol. The molecule has 5 nitrogen and oxygen atoms in total. The summed E-state index contributed by atoms with van der Waals surface area (Å²) in [5.74, 6) is 0.224. The molecule has 0 fully saturated rings. The number of hydrogen-bond donors (Lipinski definition) is 0. The highest BCUT2D eigenvalue weighted by Gasteiger charge is 2.31. The third-order valence-electron chi connectivity index (χ3n) is 4.23. The highest BCUT2D eigenvalue weighted by Crippen LogP contribution is 2.31. The summed E-state index contributed by atoms with van der Waals surface area (Å²) in [6, 6.07) is 12.5. The average Bonchev–Trinajstić information content (AvgIpc) is 2.62. The number of carbonyl (C=O) groups is 2. The highest BCUT2D eigenvalue weighted by atomic mass is 16.6. The molecule has 1 heterocycles. The van der Waals surface area contributed by atoms with Gasteiger partial charge in [-0.3, -0.25) is 4.79 Å². The third kappa shape index (κ3) is 3.65. The predicted molar refractivity (Wildman–Crippen MR) is 92.2 cm³/mol. The van der Waals surface area contributed by atoms with E-state index in [-0.39, 0.29) is 12.4 Å². The Kier molecular flexibility index (Phi) is 4.74. The number of aryl methyl sites for hydroxylation is 2. The zero-order valence-corrected chi connectivity index (χ0v) is 14.4. The smallest absolute Gasteiger partial charge is 0.351 e. The minimum absolute atomic E-state index is 0.0559. The number of ketones is 1. The van der Waals surface area contributed by atoms with Crippen molar-refractivity contribution in [2.45, 2.75) is 33.0 Å². The van der Waals surface area contributed by atoms with Crippen molar-refractivity contribution >= 4 is 11.8 Å². The first-order valence-corrected chi connectivity index (χ1v) is 8.16. The summed E-state index contributed by atoms with van der Waals surface area (Å²) in [5.41, 5.74) is 2.65. The second kappa shape index (κ2) is 6.97. The van der Waals surface area contributed by atoms with Crippen LogP contribution in [0.5, 0.6) is 11.5 Å². The molecule has 2 aromatic rings. The Balaban J connectivity index is 1.64. The van der Waals surface area contributed by atoms with Crippen LogP contribution in [0.25, 0.3) is 0 Å². The van der Waals surface area contributed by atoms with Crippen LogP contribution in [0.2, 0.25) is 0 Å². The van der Waals surface area contributed by atoms with Gasteiger partial charge in [0.1, 0.15) is 6.61 Å². The van der Waals surface area contributed by atoms with Crippen LogP contribution in [0.3, 0.4) is 0 Å². The van der Waals surface area contributed by atoms with Gasteiger partial charge in [-0.05, 0) is 50.1 Å². The molecular formula is C20H20O5. The van der Waals surface area contributed by atoms with Crippen LogP contribution in [0, 0.1) is 13.8 Å². The molecule has 0 unspecified atom stereocenters. The summed E-state index contributed by atoms with van der Waals surface area (Å²) >= 11 is 0. The van der Waals surface area contributed by atoms with Crippen LogP contribution in [-0.2, 0) is 9.53 Å². The minimum Gasteiger partial charge on any atom is -0.485 e. The SMILES string of the molecule is Cc1ccc(C(=O)[C@H](C)OC(=O)[C@H]2COc3ccccc3O2)cc1C. The van der Waals surface area contributed by atoms with Crippen molar-refractivity contribution in [3.05, 3.63) is 59.2 Å². The lowest BCUT2D eigenvalue weighted by molar-refractivity contribution is -0.157. The zero-order valence-electron chi connectivity index (χ0n) is 14.4. The Bertz CT molecular complexity index is 811. The number of ether oxygens (including phenoxy) is 3. The maximum atomic E-state index is 12.5. The van der Waals surface area contributed by atoms with Crippen molar-refractivity contribution in [1.29, 1.82) is 0 Å². The third-order valence-corrected chi connectivity index (χ3v) is 4.23. The highest BCUT2D eigenvalue weighted by molar-refractivity contribution is 6.00. The number of carbonyl (C=O) groups excluding carboxylic acids is 2. The maximum absolute atomic E-state index is 12.5. The van der Waals surface area contributed by atoms with Crippen LogP contribution in [0.1, 0.15) is 28.4 Å². The molecule has 0 bridgehead atoms. The molecule has 25 heavy (non-hydrogen) atoms. The van der Waals surface area contributed by atoms with Gasteiger partial charge in [-0.25, -0.2) is 4.79 Å². The molecule has 130 valence electrons. The van der Waals surface area contributed by atoms with Crippen LogP contribution in [0.15, 0.2) is 42.5 Å². The van der Waals surface area contributed by atoms with Gasteiger partial charge in [0.15, 0.2) is 17.6 Å². The van der Waals surface area contributed by atoms with E-state index in [1.165, 1.54) is 0 Å². The summed E-state index contributed by atoms with van der Waals surface area (Å²) in [5, 5.41) is 0. The number of Topliss-reactive ketones (excluding diaryl/α,β-unsaturated/α-hetero) is 1. The van der Waals surface area contributed by atoms with Gasteiger partial charge in [0.25, 0.3) is 0 Å². The second-order valence-electron chi connectivity index (χ2n) is 6.11. The van der Waals surface area contributed by atoms with Crippen molar-refractivity contribution in [2.75, 3.05) is 6.61 Å². The Labute approximate surface area is 146 Å². The van der Waals surface area contributed by atoms with Gasteiger partial charge in [0.2, 0.25) is 11.9 Å². The molecule has 0 N–H and O–H groups in total. The van der Waals surface area contributed by atoms with E-state index >= 15 is 0 Å². The van der Waals surface area contributed by atoms with E-state index in [1.54, 1.807) is 37.3 Å². The van der Waals surface area contributed by atoms with Crippen molar-refractivity contribution < 1.29 is 23.8 Å². The monoisotopic (exact) mass is 340 g/mol. The molecule has 0 amide bonds. The van der Waals surface area contributed by atoms with E-state index in [1.807, 2.05) is 26.0 Å². The Hall–Kier alpha value is -2.82. The van der Waals surface area contributed by atoms with Crippen molar-refractivity contribution in [3.8, 4) is 11.5 Å². The van der Waals surface area contributed by atoms with E-state index in [0.717, 1.165) is 11.1 Å². The summed E-state index contributed by atoms with van der Waals surface area (Å²) in [6.45, 7) is 5.53. The number of esters is 1. The average molecular weight is 340 g/mol. The number of para-hydroxylation sites is 2. The van der Waals surface area contributed by atoms with E-state index in [2.05, 4.69) is 0 Å². The molecule has 0 saturated heterocycles. The van der Waals surface area contributed by atoms with Crippen molar-refractivity contribution in [2.24, 2.45) is 0 Å². The van der Waals surface area contributed by atoms with Crippen molar-refractivity contribution in [1.82, 2.24) is 0 Å². The first-order valence-electron chi connectivity index (χ1n) is 8.16. The summed E-state index contributed by atoms with van der Waals surface area (Å²) < 4.78 is 16.4. The summed E-state index contributed by atoms with van der Waals surface area (Å²) in [6.07, 6.45) is -1.78. The van der Waals surface area contributed by atoms with E-state index in [9.17, 15) is 9.59 Å². The van der Waals surface area contributed by atoms with Crippen molar-refractivity contribution in [3.63, 3.8) is 0 Å². The second-order valence-corrected chi connectivity index (χ2v) is 6.11. The van der Waals surface area contributed by atoms with E-state index < -0.39 is 18.2 Å². The Morgan fingerprint density at radius 2 is 1.80 bits per heavy atom.